The molecule has 0 unspecified atom stereocenters. The van der Waals surface area contributed by atoms with Crippen LogP contribution in [-0.4, -0.2) is 51.0 Å². The summed E-state index contributed by atoms with van der Waals surface area (Å²) in [6.45, 7) is 9.15. The van der Waals surface area contributed by atoms with E-state index < -0.39 is 11.9 Å². The van der Waals surface area contributed by atoms with Gasteiger partial charge in [0.15, 0.2) is 6.29 Å². The molecule has 0 radical (unpaired) electrons. The van der Waals surface area contributed by atoms with Crippen LogP contribution in [0.25, 0.3) is 0 Å². The summed E-state index contributed by atoms with van der Waals surface area (Å²) in [6, 6.07) is 31.8. The Kier molecular flexibility index (Phi) is 21.4. The predicted octanol–water partition coefficient (Wildman–Crippen LogP) is 12.6. The third-order valence-corrected chi connectivity index (χ3v) is 10.7. The molecule has 1 aliphatic heterocycles. The summed E-state index contributed by atoms with van der Waals surface area (Å²) < 4.78 is 34.3. The average molecular weight is 729 g/mol. The summed E-state index contributed by atoms with van der Waals surface area (Å²) in [5.41, 5.74) is 2.38. The lowest BCUT2D eigenvalue weighted by atomic mass is 9.80. The van der Waals surface area contributed by atoms with Gasteiger partial charge >= 0.3 is 0 Å². The molecule has 1 fully saturated rings. The molecule has 0 aromatic heterocycles. The molecular formula is C48H72O5. The van der Waals surface area contributed by atoms with E-state index in [0.29, 0.717) is 26.4 Å². The van der Waals surface area contributed by atoms with Gasteiger partial charge in [-0.3, -0.25) is 0 Å². The molecule has 3 aromatic carbocycles. The summed E-state index contributed by atoms with van der Waals surface area (Å²) in [6.07, 6.45) is 20.5. The van der Waals surface area contributed by atoms with Crippen molar-refractivity contribution in [2.24, 2.45) is 0 Å². The molecule has 0 saturated carbocycles. The first kappa shape index (κ1) is 43.2. The molecule has 0 N–H and O–H groups in total. The summed E-state index contributed by atoms with van der Waals surface area (Å²) >= 11 is 0. The van der Waals surface area contributed by atoms with Gasteiger partial charge in [-0.2, -0.15) is 0 Å². The zero-order valence-electron chi connectivity index (χ0n) is 33.6. The molecule has 0 bridgehead atoms. The molecule has 1 saturated heterocycles. The van der Waals surface area contributed by atoms with Crippen LogP contribution >= 0.6 is 0 Å². The van der Waals surface area contributed by atoms with E-state index >= 15 is 0 Å². The maximum absolute atomic E-state index is 7.32. The average Bonchev–Trinajstić information content (AvgIpc) is 3.53. The first-order chi connectivity index (χ1) is 26.2. The first-order valence-electron chi connectivity index (χ1n) is 21.5. The molecule has 53 heavy (non-hydrogen) atoms. The second-order valence-corrected chi connectivity index (χ2v) is 15.0. The highest BCUT2D eigenvalue weighted by Gasteiger charge is 2.49. The monoisotopic (exact) mass is 729 g/mol. The molecule has 1 aliphatic rings. The molecule has 1 heterocycles. The van der Waals surface area contributed by atoms with Crippen molar-refractivity contribution in [3.05, 3.63) is 108 Å². The largest absolute Gasteiger partial charge is 0.372 e. The highest BCUT2D eigenvalue weighted by molar-refractivity contribution is 5.47. The normalized spacial score (nSPS) is 18.8. The Hall–Kier alpha value is -2.54. The standard InChI is InChI=1S/C48H72O5/c1-4-7-10-13-16-28-37-49-45-44(53-47(51-39-30-18-15-12-9-6-3)46(45)50-38-29-17-14-11-8-5-2)40-52-48(41-31-22-19-23-32-41,42-33-24-20-25-34-42)43-35-26-21-27-36-43/h19-27,31-36,44-47H,4-18,28-30,37-40H2,1-3H3/t44-,45-,46-,47+/m1/s1. The van der Waals surface area contributed by atoms with Crippen molar-refractivity contribution < 1.29 is 23.7 Å². The fourth-order valence-corrected chi connectivity index (χ4v) is 7.60. The molecule has 5 nitrogen and oxygen atoms in total. The minimum atomic E-state index is -0.844. The first-order valence-corrected chi connectivity index (χ1v) is 21.5. The third-order valence-electron chi connectivity index (χ3n) is 10.7. The van der Waals surface area contributed by atoms with Crippen LogP contribution in [0.15, 0.2) is 91.0 Å². The quantitative estimate of drug-likeness (QED) is 0.0505. The lowest BCUT2D eigenvalue weighted by Crippen LogP contribution is -2.42. The number of benzene rings is 3. The van der Waals surface area contributed by atoms with Crippen LogP contribution in [0.1, 0.15) is 153 Å². The Balaban J connectivity index is 1.57. The highest BCUT2D eigenvalue weighted by atomic mass is 16.7. The van der Waals surface area contributed by atoms with E-state index in [0.717, 1.165) is 36.0 Å². The van der Waals surface area contributed by atoms with Gasteiger partial charge in [-0.25, -0.2) is 0 Å². The van der Waals surface area contributed by atoms with E-state index in [4.69, 9.17) is 23.7 Å². The van der Waals surface area contributed by atoms with Gasteiger partial charge in [-0.15, -0.1) is 0 Å². The van der Waals surface area contributed by atoms with Crippen molar-refractivity contribution in [3.8, 4) is 0 Å². The molecule has 5 heteroatoms. The van der Waals surface area contributed by atoms with Crippen LogP contribution in [0.2, 0.25) is 0 Å². The summed E-state index contributed by atoms with van der Waals surface area (Å²) in [7, 11) is 0. The van der Waals surface area contributed by atoms with E-state index in [2.05, 4.69) is 112 Å². The maximum atomic E-state index is 7.32. The highest BCUT2D eigenvalue weighted by Crippen LogP contribution is 2.41. The Morgan fingerprint density at radius 3 is 1.21 bits per heavy atom. The van der Waals surface area contributed by atoms with Gasteiger partial charge in [0.2, 0.25) is 0 Å². The lowest BCUT2D eigenvalue weighted by molar-refractivity contribution is -0.185. The van der Waals surface area contributed by atoms with Crippen molar-refractivity contribution >= 4 is 0 Å². The van der Waals surface area contributed by atoms with Crippen LogP contribution in [-0.2, 0) is 29.3 Å². The molecule has 0 spiro atoms. The predicted molar refractivity (Wildman–Crippen MR) is 219 cm³/mol. The van der Waals surface area contributed by atoms with Gasteiger partial charge in [0, 0.05) is 19.8 Å². The van der Waals surface area contributed by atoms with Crippen molar-refractivity contribution in [1.82, 2.24) is 0 Å². The van der Waals surface area contributed by atoms with E-state index in [1.165, 1.54) is 96.3 Å². The molecule has 4 rings (SSSR count). The van der Waals surface area contributed by atoms with Crippen LogP contribution < -0.4 is 0 Å². The van der Waals surface area contributed by atoms with E-state index in [1.54, 1.807) is 0 Å². The summed E-state index contributed by atoms with van der Waals surface area (Å²) in [5, 5.41) is 0. The molecule has 294 valence electrons. The van der Waals surface area contributed by atoms with Crippen LogP contribution in [0.3, 0.4) is 0 Å². The second-order valence-electron chi connectivity index (χ2n) is 15.0. The van der Waals surface area contributed by atoms with Crippen LogP contribution in [0.4, 0.5) is 0 Å². The number of hydrogen-bond acceptors (Lipinski definition) is 5. The molecule has 4 atom stereocenters. The maximum Gasteiger partial charge on any atom is 0.186 e. The van der Waals surface area contributed by atoms with E-state index in [1.807, 2.05) is 0 Å². The molecule has 0 aliphatic carbocycles. The van der Waals surface area contributed by atoms with Crippen LogP contribution in [0.5, 0.6) is 0 Å². The van der Waals surface area contributed by atoms with Crippen molar-refractivity contribution in [2.45, 2.75) is 167 Å². The Bertz CT molecular complexity index is 1190. The Labute approximate surface area is 323 Å². The Morgan fingerprint density at radius 2 is 0.792 bits per heavy atom. The van der Waals surface area contributed by atoms with E-state index in [-0.39, 0.29) is 18.3 Å². The van der Waals surface area contributed by atoms with Crippen molar-refractivity contribution in [3.63, 3.8) is 0 Å². The number of ether oxygens (including phenoxy) is 5. The zero-order chi connectivity index (χ0) is 37.2. The number of rotatable bonds is 30. The third kappa shape index (κ3) is 14.2. The lowest BCUT2D eigenvalue weighted by Gasteiger charge is -2.37. The van der Waals surface area contributed by atoms with Gasteiger partial charge in [0.25, 0.3) is 0 Å². The molecular weight excluding hydrogens is 657 g/mol. The smallest absolute Gasteiger partial charge is 0.186 e. The molecule has 3 aromatic rings. The number of hydrogen-bond donors (Lipinski definition) is 0. The molecule has 0 amide bonds. The van der Waals surface area contributed by atoms with Crippen molar-refractivity contribution in [2.75, 3.05) is 26.4 Å². The van der Waals surface area contributed by atoms with Gasteiger partial charge < -0.3 is 23.7 Å². The van der Waals surface area contributed by atoms with Crippen LogP contribution in [0, 0.1) is 0 Å². The van der Waals surface area contributed by atoms with Gasteiger partial charge in [0.1, 0.15) is 23.9 Å². The fraction of sp³-hybridized carbons (Fsp3) is 0.625. The second kappa shape index (κ2) is 26.3. The zero-order valence-corrected chi connectivity index (χ0v) is 33.6. The number of unbranched alkanes of at least 4 members (excludes halogenated alkanes) is 15. The SMILES string of the molecule is CCCCCCCCO[C@H]1O[C@H](COC(c2ccccc2)(c2ccccc2)c2ccccc2)[C@@H](OCCCCCCCC)[C@H]1OCCCCCCCC. The summed E-state index contributed by atoms with van der Waals surface area (Å²) in [5.74, 6) is 0. The van der Waals surface area contributed by atoms with Gasteiger partial charge in [-0.1, -0.05) is 208 Å². The fourth-order valence-electron chi connectivity index (χ4n) is 7.60. The van der Waals surface area contributed by atoms with Gasteiger partial charge in [-0.05, 0) is 36.0 Å². The Morgan fingerprint density at radius 1 is 0.434 bits per heavy atom. The van der Waals surface area contributed by atoms with Gasteiger partial charge in [0.05, 0.1) is 6.61 Å². The minimum Gasteiger partial charge on any atom is -0.372 e. The minimum absolute atomic E-state index is 0.291. The topological polar surface area (TPSA) is 46.2 Å². The van der Waals surface area contributed by atoms with Crippen molar-refractivity contribution in [1.29, 1.82) is 0 Å². The van der Waals surface area contributed by atoms with E-state index in [9.17, 15) is 0 Å². The summed E-state index contributed by atoms with van der Waals surface area (Å²) in [4.78, 5) is 0.